The van der Waals surface area contributed by atoms with Crippen LogP contribution in [0.1, 0.15) is 28.4 Å². The molecule has 0 bridgehead atoms. The lowest BCUT2D eigenvalue weighted by Crippen LogP contribution is -2.05. The number of aliphatic hydroxyl groups excluding tert-OH is 1. The van der Waals surface area contributed by atoms with Crippen LogP contribution < -0.4 is 9.47 Å². The van der Waals surface area contributed by atoms with Gasteiger partial charge in [0.25, 0.3) is 0 Å². The summed E-state index contributed by atoms with van der Waals surface area (Å²) in [5.74, 6) is 1.23. The van der Waals surface area contributed by atoms with Gasteiger partial charge in [-0.25, -0.2) is 0 Å². The van der Waals surface area contributed by atoms with Crippen LogP contribution in [0.25, 0.3) is 0 Å². The first kappa shape index (κ1) is 15.4. The number of hydrogen-bond donors (Lipinski definition) is 1. The highest BCUT2D eigenvalue weighted by Crippen LogP contribution is 2.35. The van der Waals surface area contributed by atoms with Gasteiger partial charge in [-0.2, -0.15) is 0 Å². The van der Waals surface area contributed by atoms with Crippen LogP contribution in [0.5, 0.6) is 11.5 Å². The fourth-order valence-corrected chi connectivity index (χ4v) is 2.69. The number of ether oxygens (including phenoxy) is 2. The van der Waals surface area contributed by atoms with E-state index in [1.165, 1.54) is 11.1 Å². The zero-order chi connectivity index (χ0) is 15.4. The van der Waals surface area contributed by atoms with Crippen molar-refractivity contribution in [2.75, 3.05) is 14.2 Å². The van der Waals surface area contributed by atoms with Crippen molar-refractivity contribution in [3.63, 3.8) is 0 Å². The minimum atomic E-state index is -0.628. The topological polar surface area (TPSA) is 38.7 Å². The highest BCUT2D eigenvalue weighted by molar-refractivity contribution is 5.48. The number of rotatable bonds is 5. The second-order valence-corrected chi connectivity index (χ2v) is 5.30. The summed E-state index contributed by atoms with van der Waals surface area (Å²) < 4.78 is 10.7. The molecule has 0 saturated carbocycles. The van der Waals surface area contributed by atoms with E-state index in [-0.39, 0.29) is 0 Å². The zero-order valence-electron chi connectivity index (χ0n) is 13.0. The maximum Gasteiger partial charge on any atom is 0.166 e. The van der Waals surface area contributed by atoms with E-state index in [1.54, 1.807) is 14.2 Å². The summed E-state index contributed by atoms with van der Waals surface area (Å²) in [5.41, 5.74) is 4.27. The van der Waals surface area contributed by atoms with Gasteiger partial charge in [-0.1, -0.05) is 41.5 Å². The molecule has 1 atom stereocenters. The monoisotopic (exact) mass is 286 g/mol. The minimum absolute atomic E-state index is 0.548. The molecule has 21 heavy (non-hydrogen) atoms. The number of para-hydroxylation sites is 1. The van der Waals surface area contributed by atoms with E-state index in [9.17, 15) is 5.11 Å². The Labute approximate surface area is 126 Å². The van der Waals surface area contributed by atoms with Crippen molar-refractivity contribution in [3.8, 4) is 11.5 Å². The lowest BCUT2D eigenvalue weighted by molar-refractivity contribution is 0.173. The molecule has 0 heterocycles. The fraction of sp³-hybridized carbons (Fsp3) is 0.333. The fourth-order valence-electron chi connectivity index (χ4n) is 2.69. The number of hydrogen-bond acceptors (Lipinski definition) is 3. The van der Waals surface area contributed by atoms with Crippen LogP contribution >= 0.6 is 0 Å². The third kappa shape index (κ3) is 3.56. The van der Waals surface area contributed by atoms with Gasteiger partial charge in [0, 0.05) is 12.0 Å². The Morgan fingerprint density at radius 1 is 1.00 bits per heavy atom. The molecule has 1 unspecified atom stereocenters. The predicted octanol–water partition coefficient (Wildman–Crippen LogP) is 3.60. The van der Waals surface area contributed by atoms with E-state index in [4.69, 9.17) is 9.47 Å². The number of aryl methyl sites for hydroxylation is 2. The largest absolute Gasteiger partial charge is 0.493 e. The van der Waals surface area contributed by atoms with Gasteiger partial charge in [0.05, 0.1) is 20.3 Å². The molecular formula is C18H22O3. The molecule has 0 aliphatic carbocycles. The maximum atomic E-state index is 10.6. The molecule has 0 aromatic heterocycles. The van der Waals surface area contributed by atoms with Gasteiger partial charge in [-0.3, -0.25) is 0 Å². The maximum absolute atomic E-state index is 10.6. The molecule has 0 amide bonds. The Kier molecular flexibility index (Phi) is 4.86. The van der Waals surface area contributed by atoms with Gasteiger partial charge in [-0.15, -0.1) is 0 Å². The summed E-state index contributed by atoms with van der Waals surface area (Å²) >= 11 is 0. The second-order valence-electron chi connectivity index (χ2n) is 5.30. The summed E-state index contributed by atoms with van der Waals surface area (Å²) in [5, 5.41) is 10.6. The number of methoxy groups -OCH3 is 2. The Balaban J connectivity index is 2.30. The van der Waals surface area contributed by atoms with Crippen molar-refractivity contribution in [1.29, 1.82) is 0 Å². The quantitative estimate of drug-likeness (QED) is 0.912. The van der Waals surface area contributed by atoms with Gasteiger partial charge >= 0.3 is 0 Å². The lowest BCUT2D eigenvalue weighted by Gasteiger charge is -2.17. The van der Waals surface area contributed by atoms with E-state index in [0.29, 0.717) is 17.9 Å². The predicted molar refractivity (Wildman–Crippen MR) is 84.1 cm³/mol. The van der Waals surface area contributed by atoms with Gasteiger partial charge in [0.1, 0.15) is 0 Å². The minimum Gasteiger partial charge on any atom is -0.493 e. The highest BCUT2D eigenvalue weighted by atomic mass is 16.5. The average molecular weight is 286 g/mol. The van der Waals surface area contributed by atoms with Crippen LogP contribution in [0.4, 0.5) is 0 Å². The first-order valence-electron chi connectivity index (χ1n) is 7.01. The van der Waals surface area contributed by atoms with Crippen LogP contribution in [-0.4, -0.2) is 19.3 Å². The van der Waals surface area contributed by atoms with Crippen molar-refractivity contribution >= 4 is 0 Å². The van der Waals surface area contributed by atoms with Crippen molar-refractivity contribution in [1.82, 2.24) is 0 Å². The molecule has 112 valence electrons. The number of aliphatic hydroxyl groups is 1. The smallest absolute Gasteiger partial charge is 0.166 e. The first-order chi connectivity index (χ1) is 10.0. The molecule has 3 heteroatoms. The van der Waals surface area contributed by atoms with Crippen LogP contribution in [-0.2, 0) is 6.42 Å². The van der Waals surface area contributed by atoms with E-state index in [0.717, 1.165) is 11.1 Å². The van der Waals surface area contributed by atoms with Gasteiger partial charge < -0.3 is 14.6 Å². The van der Waals surface area contributed by atoms with Gasteiger partial charge in [-0.05, 0) is 25.5 Å². The summed E-state index contributed by atoms with van der Waals surface area (Å²) in [6, 6.07) is 11.9. The van der Waals surface area contributed by atoms with Crippen molar-refractivity contribution in [2.24, 2.45) is 0 Å². The molecule has 0 saturated heterocycles. The first-order valence-corrected chi connectivity index (χ1v) is 7.01. The molecule has 2 aromatic carbocycles. The average Bonchev–Trinajstić information content (AvgIpc) is 2.45. The van der Waals surface area contributed by atoms with Crippen molar-refractivity contribution < 1.29 is 14.6 Å². The SMILES string of the molecule is COc1cccc(C(O)Cc2cc(C)cc(C)c2)c1OC. The molecule has 2 rings (SSSR count). The van der Waals surface area contributed by atoms with E-state index in [2.05, 4.69) is 32.0 Å². The summed E-state index contributed by atoms with van der Waals surface area (Å²) in [7, 11) is 3.18. The Morgan fingerprint density at radius 3 is 2.24 bits per heavy atom. The molecule has 0 aliphatic rings. The van der Waals surface area contributed by atoms with E-state index < -0.39 is 6.10 Å². The zero-order valence-corrected chi connectivity index (χ0v) is 13.0. The molecule has 2 aromatic rings. The molecule has 0 radical (unpaired) electrons. The van der Waals surface area contributed by atoms with Crippen LogP contribution in [0.15, 0.2) is 36.4 Å². The molecule has 0 spiro atoms. The molecule has 0 fully saturated rings. The normalized spacial score (nSPS) is 12.0. The van der Waals surface area contributed by atoms with Crippen LogP contribution in [0.2, 0.25) is 0 Å². The third-order valence-corrected chi connectivity index (χ3v) is 3.50. The standard InChI is InChI=1S/C18H22O3/c1-12-8-13(2)10-14(9-12)11-16(19)15-6-5-7-17(20-3)18(15)21-4/h5-10,16,19H,11H2,1-4H3. The van der Waals surface area contributed by atoms with E-state index >= 15 is 0 Å². The van der Waals surface area contributed by atoms with Crippen LogP contribution in [0.3, 0.4) is 0 Å². The second kappa shape index (κ2) is 6.64. The number of benzene rings is 2. The molecule has 0 aliphatic heterocycles. The molecular weight excluding hydrogens is 264 g/mol. The third-order valence-electron chi connectivity index (χ3n) is 3.50. The summed E-state index contributed by atoms with van der Waals surface area (Å²) in [4.78, 5) is 0. The van der Waals surface area contributed by atoms with Crippen LogP contribution in [0, 0.1) is 13.8 Å². The van der Waals surface area contributed by atoms with Gasteiger partial charge in [0.15, 0.2) is 11.5 Å². The Bertz CT molecular complexity index is 600. The van der Waals surface area contributed by atoms with Crippen molar-refractivity contribution in [3.05, 3.63) is 58.7 Å². The summed E-state index contributed by atoms with van der Waals surface area (Å²) in [6.07, 6.45) is -0.0808. The highest BCUT2D eigenvalue weighted by Gasteiger charge is 2.17. The van der Waals surface area contributed by atoms with Gasteiger partial charge in [0.2, 0.25) is 0 Å². The molecule has 3 nitrogen and oxygen atoms in total. The van der Waals surface area contributed by atoms with E-state index in [1.807, 2.05) is 18.2 Å². The Morgan fingerprint density at radius 2 is 1.67 bits per heavy atom. The summed E-state index contributed by atoms with van der Waals surface area (Å²) in [6.45, 7) is 4.13. The molecule has 1 N–H and O–H groups in total. The lowest BCUT2D eigenvalue weighted by atomic mass is 9.98. The van der Waals surface area contributed by atoms with Crippen molar-refractivity contribution in [2.45, 2.75) is 26.4 Å². The Hall–Kier alpha value is -2.00.